The Labute approximate surface area is 101 Å². The van der Waals surface area contributed by atoms with Gasteiger partial charge in [0, 0.05) is 16.8 Å². The lowest BCUT2D eigenvalue weighted by Crippen LogP contribution is -2.05. The summed E-state index contributed by atoms with van der Waals surface area (Å²) in [6.45, 7) is 2.14. The maximum Gasteiger partial charge on any atom is 0.0485 e. The Morgan fingerprint density at radius 1 is 1.00 bits per heavy atom. The summed E-state index contributed by atoms with van der Waals surface area (Å²) in [7, 11) is 0. The molecule has 0 aromatic heterocycles. The quantitative estimate of drug-likeness (QED) is 0.820. The molecule has 1 nitrogen and oxygen atoms in total. The van der Waals surface area contributed by atoms with Crippen LogP contribution in [0.5, 0.6) is 0 Å². The van der Waals surface area contributed by atoms with Gasteiger partial charge in [-0.1, -0.05) is 48.0 Å². The molecule has 0 aliphatic heterocycles. The molecule has 2 aromatic carbocycles. The van der Waals surface area contributed by atoms with Crippen LogP contribution in [0.25, 0.3) is 0 Å². The van der Waals surface area contributed by atoms with E-state index in [1.54, 1.807) is 0 Å². The fourth-order valence-electron chi connectivity index (χ4n) is 1.65. The average Bonchev–Trinajstić information content (AvgIpc) is 2.30. The van der Waals surface area contributed by atoms with Gasteiger partial charge in [-0.3, -0.25) is 0 Å². The Morgan fingerprint density at radius 2 is 1.75 bits per heavy atom. The van der Waals surface area contributed by atoms with Crippen LogP contribution in [0.15, 0.2) is 54.6 Å². The summed E-state index contributed by atoms with van der Waals surface area (Å²) in [5.74, 6) is 0. The Bertz CT molecular complexity index is 453. The van der Waals surface area contributed by atoms with E-state index in [9.17, 15) is 0 Å². The van der Waals surface area contributed by atoms with Crippen molar-refractivity contribution in [3.63, 3.8) is 0 Å². The van der Waals surface area contributed by atoms with Crippen LogP contribution in [0, 0.1) is 0 Å². The predicted molar refractivity (Wildman–Crippen MR) is 69.9 cm³/mol. The van der Waals surface area contributed by atoms with E-state index in [2.05, 4.69) is 24.4 Å². The highest BCUT2D eigenvalue weighted by molar-refractivity contribution is 6.30. The van der Waals surface area contributed by atoms with Gasteiger partial charge in [-0.25, -0.2) is 0 Å². The summed E-state index contributed by atoms with van der Waals surface area (Å²) >= 11 is 5.93. The van der Waals surface area contributed by atoms with Crippen molar-refractivity contribution in [2.75, 3.05) is 5.32 Å². The fraction of sp³-hybridized carbons (Fsp3) is 0.143. The molecule has 0 spiro atoms. The lowest BCUT2D eigenvalue weighted by atomic mass is 10.1. The third-order valence-corrected chi connectivity index (χ3v) is 2.74. The molecular weight excluding hydrogens is 218 g/mol. The largest absolute Gasteiger partial charge is 0.378 e. The molecule has 0 aliphatic carbocycles. The van der Waals surface area contributed by atoms with E-state index < -0.39 is 0 Å². The van der Waals surface area contributed by atoms with Crippen molar-refractivity contribution in [1.29, 1.82) is 0 Å². The first-order chi connectivity index (χ1) is 7.75. The second kappa shape index (κ2) is 5.04. The second-order valence-corrected chi connectivity index (χ2v) is 4.22. The van der Waals surface area contributed by atoms with Crippen molar-refractivity contribution >= 4 is 17.3 Å². The molecule has 1 N–H and O–H groups in total. The summed E-state index contributed by atoms with van der Waals surface area (Å²) in [4.78, 5) is 0. The van der Waals surface area contributed by atoms with Crippen LogP contribution in [0.4, 0.5) is 5.69 Å². The van der Waals surface area contributed by atoms with Crippen LogP contribution in [-0.2, 0) is 0 Å². The smallest absolute Gasteiger partial charge is 0.0485 e. The zero-order valence-corrected chi connectivity index (χ0v) is 9.91. The first-order valence-corrected chi connectivity index (χ1v) is 5.70. The molecule has 2 rings (SSSR count). The van der Waals surface area contributed by atoms with Gasteiger partial charge in [0.05, 0.1) is 0 Å². The van der Waals surface area contributed by atoms with E-state index in [0.717, 1.165) is 10.7 Å². The highest BCUT2D eigenvalue weighted by Crippen LogP contribution is 2.21. The summed E-state index contributed by atoms with van der Waals surface area (Å²) in [6, 6.07) is 18.4. The first-order valence-electron chi connectivity index (χ1n) is 5.33. The van der Waals surface area contributed by atoms with Crippen LogP contribution in [-0.4, -0.2) is 0 Å². The summed E-state index contributed by atoms with van der Waals surface area (Å²) < 4.78 is 0. The second-order valence-electron chi connectivity index (χ2n) is 3.79. The monoisotopic (exact) mass is 231 g/mol. The summed E-state index contributed by atoms with van der Waals surface area (Å²) in [5, 5.41) is 4.17. The van der Waals surface area contributed by atoms with Crippen LogP contribution in [0.1, 0.15) is 18.5 Å². The summed E-state index contributed by atoms with van der Waals surface area (Å²) in [5.41, 5.74) is 2.31. The third kappa shape index (κ3) is 2.77. The lowest BCUT2D eigenvalue weighted by molar-refractivity contribution is 0.885. The van der Waals surface area contributed by atoms with E-state index in [1.165, 1.54) is 5.56 Å². The van der Waals surface area contributed by atoms with Crippen molar-refractivity contribution in [3.8, 4) is 0 Å². The molecular formula is C14H14ClN. The summed E-state index contributed by atoms with van der Waals surface area (Å²) in [6.07, 6.45) is 0. The van der Waals surface area contributed by atoms with Gasteiger partial charge >= 0.3 is 0 Å². The van der Waals surface area contributed by atoms with Gasteiger partial charge in [0.2, 0.25) is 0 Å². The molecule has 0 heterocycles. The minimum atomic E-state index is 0.277. The Balaban J connectivity index is 2.11. The minimum Gasteiger partial charge on any atom is -0.378 e. The molecule has 2 heteroatoms. The molecule has 2 aromatic rings. The minimum absolute atomic E-state index is 0.277. The molecule has 0 bridgehead atoms. The van der Waals surface area contributed by atoms with Gasteiger partial charge < -0.3 is 5.32 Å². The first kappa shape index (κ1) is 11.0. The fourth-order valence-corrected chi connectivity index (χ4v) is 1.84. The molecule has 0 saturated carbocycles. The molecule has 0 aliphatic rings. The molecule has 82 valence electrons. The zero-order valence-electron chi connectivity index (χ0n) is 9.15. The van der Waals surface area contributed by atoms with E-state index in [1.807, 2.05) is 42.5 Å². The van der Waals surface area contributed by atoms with Crippen molar-refractivity contribution in [1.82, 2.24) is 0 Å². The van der Waals surface area contributed by atoms with Crippen LogP contribution in [0.3, 0.4) is 0 Å². The van der Waals surface area contributed by atoms with E-state index >= 15 is 0 Å². The predicted octanol–water partition coefficient (Wildman–Crippen LogP) is 4.51. The van der Waals surface area contributed by atoms with Gasteiger partial charge in [-0.2, -0.15) is 0 Å². The maximum absolute atomic E-state index is 5.93. The van der Waals surface area contributed by atoms with Gasteiger partial charge in [0.15, 0.2) is 0 Å². The number of hydrogen-bond donors (Lipinski definition) is 1. The number of anilines is 1. The molecule has 0 fully saturated rings. The number of benzene rings is 2. The molecule has 16 heavy (non-hydrogen) atoms. The van der Waals surface area contributed by atoms with Crippen molar-refractivity contribution in [3.05, 3.63) is 65.2 Å². The van der Waals surface area contributed by atoms with Crippen molar-refractivity contribution in [2.24, 2.45) is 0 Å². The number of nitrogens with one attached hydrogen (secondary N) is 1. The van der Waals surface area contributed by atoms with Crippen LogP contribution in [0.2, 0.25) is 5.02 Å². The topological polar surface area (TPSA) is 12.0 Å². The lowest BCUT2D eigenvalue weighted by Gasteiger charge is -2.15. The normalized spacial score (nSPS) is 12.1. The van der Waals surface area contributed by atoms with Gasteiger partial charge in [-0.15, -0.1) is 0 Å². The Morgan fingerprint density at radius 3 is 2.44 bits per heavy atom. The van der Waals surface area contributed by atoms with Gasteiger partial charge in [-0.05, 0) is 30.7 Å². The number of halogens is 1. The van der Waals surface area contributed by atoms with E-state index in [0.29, 0.717) is 0 Å². The molecule has 1 atom stereocenters. The molecule has 0 unspecified atom stereocenters. The molecule has 0 amide bonds. The van der Waals surface area contributed by atoms with E-state index in [4.69, 9.17) is 11.6 Å². The van der Waals surface area contributed by atoms with Crippen molar-refractivity contribution < 1.29 is 0 Å². The Hall–Kier alpha value is -1.47. The maximum atomic E-state index is 5.93. The van der Waals surface area contributed by atoms with Crippen LogP contribution >= 0.6 is 11.6 Å². The van der Waals surface area contributed by atoms with Gasteiger partial charge in [0.1, 0.15) is 0 Å². The SMILES string of the molecule is C[C@H](Nc1cccc(Cl)c1)c1ccccc1. The highest BCUT2D eigenvalue weighted by atomic mass is 35.5. The zero-order chi connectivity index (χ0) is 11.4. The average molecular weight is 232 g/mol. The van der Waals surface area contributed by atoms with Crippen LogP contribution < -0.4 is 5.32 Å². The number of hydrogen-bond acceptors (Lipinski definition) is 1. The van der Waals surface area contributed by atoms with Crippen molar-refractivity contribution in [2.45, 2.75) is 13.0 Å². The van der Waals surface area contributed by atoms with E-state index in [-0.39, 0.29) is 6.04 Å². The highest BCUT2D eigenvalue weighted by Gasteiger charge is 2.03. The third-order valence-electron chi connectivity index (χ3n) is 2.51. The van der Waals surface area contributed by atoms with Gasteiger partial charge in [0.25, 0.3) is 0 Å². The standard InChI is InChI=1S/C14H14ClN/c1-11(12-6-3-2-4-7-12)16-14-9-5-8-13(15)10-14/h2-11,16H,1H3/t11-/m0/s1. The molecule has 0 radical (unpaired) electrons. The number of rotatable bonds is 3. The molecule has 0 saturated heterocycles. The Kier molecular flexibility index (Phi) is 3.47.